The topological polar surface area (TPSA) is 95.7 Å². The zero-order valence-corrected chi connectivity index (χ0v) is 12.5. The van der Waals surface area contributed by atoms with Crippen LogP contribution in [0.5, 0.6) is 5.75 Å². The monoisotopic (exact) mass is 333 g/mol. The first-order valence-corrected chi connectivity index (χ1v) is 6.71. The van der Waals surface area contributed by atoms with E-state index < -0.39 is 34.8 Å². The summed E-state index contributed by atoms with van der Waals surface area (Å²) >= 11 is 0. The maximum Gasteiger partial charge on any atom is 0.338 e. The van der Waals surface area contributed by atoms with Gasteiger partial charge >= 0.3 is 11.7 Å². The van der Waals surface area contributed by atoms with Crippen LogP contribution in [-0.4, -0.2) is 30.4 Å². The molecular weight excluding hydrogens is 321 g/mol. The third kappa shape index (κ3) is 3.72. The lowest BCUT2D eigenvalue weighted by molar-refractivity contribution is -0.385. The highest BCUT2D eigenvalue weighted by Crippen LogP contribution is 2.28. The van der Waals surface area contributed by atoms with Gasteiger partial charge in [0, 0.05) is 6.07 Å². The fourth-order valence-corrected chi connectivity index (χ4v) is 1.94. The molecule has 0 spiro atoms. The van der Waals surface area contributed by atoms with E-state index in [9.17, 15) is 24.1 Å². The summed E-state index contributed by atoms with van der Waals surface area (Å²) in [7, 11) is 1.14. The Morgan fingerprint density at radius 1 is 1.21 bits per heavy atom. The molecule has 7 nitrogen and oxygen atoms in total. The Morgan fingerprint density at radius 2 is 1.92 bits per heavy atom. The highest BCUT2D eigenvalue weighted by molar-refractivity contribution is 5.97. The SMILES string of the molecule is COC(=O)c1ccc(OCC(=O)c2ccccc2F)c([N+](=O)[O-])c1. The van der Waals surface area contributed by atoms with Gasteiger partial charge in [-0.25, -0.2) is 9.18 Å². The van der Waals surface area contributed by atoms with Crippen molar-refractivity contribution in [2.24, 2.45) is 0 Å². The molecular formula is C16H12FNO6. The fourth-order valence-electron chi connectivity index (χ4n) is 1.94. The van der Waals surface area contributed by atoms with Gasteiger partial charge in [-0.15, -0.1) is 0 Å². The molecule has 24 heavy (non-hydrogen) atoms. The molecule has 0 amide bonds. The number of hydrogen-bond donors (Lipinski definition) is 0. The summed E-state index contributed by atoms with van der Waals surface area (Å²) in [5, 5.41) is 11.1. The van der Waals surface area contributed by atoms with Gasteiger partial charge in [0.15, 0.2) is 12.4 Å². The van der Waals surface area contributed by atoms with Crippen molar-refractivity contribution in [3.63, 3.8) is 0 Å². The average molecular weight is 333 g/mol. The van der Waals surface area contributed by atoms with E-state index in [4.69, 9.17) is 4.74 Å². The summed E-state index contributed by atoms with van der Waals surface area (Å²) in [5.41, 5.74) is -0.706. The molecule has 0 heterocycles. The number of carbonyl (C=O) groups is 2. The summed E-state index contributed by atoms with van der Waals surface area (Å²) < 4.78 is 23.1. The Hall–Kier alpha value is -3.29. The summed E-state index contributed by atoms with van der Waals surface area (Å²) in [6, 6.07) is 8.76. The lowest BCUT2D eigenvalue weighted by Crippen LogP contribution is -2.14. The van der Waals surface area contributed by atoms with Gasteiger partial charge in [0.1, 0.15) is 5.82 Å². The van der Waals surface area contributed by atoms with Crippen LogP contribution in [-0.2, 0) is 4.74 Å². The Balaban J connectivity index is 2.20. The van der Waals surface area contributed by atoms with Gasteiger partial charge in [0.25, 0.3) is 0 Å². The molecule has 2 aromatic rings. The average Bonchev–Trinajstić information content (AvgIpc) is 2.59. The number of Topliss-reactive ketones (excluding diaryl/α,β-unsaturated/α-hetero) is 1. The number of benzene rings is 2. The van der Waals surface area contributed by atoms with Crippen LogP contribution in [0.4, 0.5) is 10.1 Å². The molecule has 0 radical (unpaired) electrons. The number of hydrogen-bond acceptors (Lipinski definition) is 6. The number of nitrogens with zero attached hydrogens (tertiary/aromatic N) is 1. The van der Waals surface area contributed by atoms with Crippen molar-refractivity contribution in [3.05, 3.63) is 69.5 Å². The van der Waals surface area contributed by atoms with Crippen LogP contribution in [0.15, 0.2) is 42.5 Å². The molecule has 2 aromatic carbocycles. The highest BCUT2D eigenvalue weighted by Gasteiger charge is 2.20. The zero-order chi connectivity index (χ0) is 17.7. The van der Waals surface area contributed by atoms with Gasteiger partial charge < -0.3 is 9.47 Å². The van der Waals surface area contributed by atoms with Crippen molar-refractivity contribution in [1.82, 2.24) is 0 Å². The fraction of sp³-hybridized carbons (Fsp3) is 0.125. The van der Waals surface area contributed by atoms with Crippen LogP contribution < -0.4 is 4.74 Å². The number of rotatable bonds is 6. The summed E-state index contributed by atoms with van der Waals surface area (Å²) in [4.78, 5) is 33.7. The van der Waals surface area contributed by atoms with Crippen LogP contribution in [0.3, 0.4) is 0 Å². The molecule has 0 aromatic heterocycles. The first kappa shape index (κ1) is 17.1. The van der Waals surface area contributed by atoms with E-state index in [0.29, 0.717) is 0 Å². The van der Waals surface area contributed by atoms with Crippen LogP contribution in [0.2, 0.25) is 0 Å². The molecule has 0 unspecified atom stereocenters. The van der Waals surface area contributed by atoms with Gasteiger partial charge in [-0.05, 0) is 24.3 Å². The minimum Gasteiger partial charge on any atom is -0.478 e. The van der Waals surface area contributed by atoms with E-state index >= 15 is 0 Å². The quantitative estimate of drug-likeness (QED) is 0.349. The van der Waals surface area contributed by atoms with Crippen molar-refractivity contribution in [3.8, 4) is 5.75 Å². The van der Waals surface area contributed by atoms with Crippen LogP contribution in [0.25, 0.3) is 0 Å². The van der Waals surface area contributed by atoms with Gasteiger partial charge in [-0.2, -0.15) is 0 Å². The number of methoxy groups -OCH3 is 1. The Kier molecular flexibility index (Phi) is 5.20. The summed E-state index contributed by atoms with van der Waals surface area (Å²) in [6.07, 6.45) is 0. The standard InChI is InChI=1S/C16H12FNO6/c1-23-16(20)10-6-7-15(13(8-10)18(21)22)24-9-14(19)11-4-2-3-5-12(11)17/h2-8H,9H2,1H3. The Labute approximate surface area is 135 Å². The van der Waals surface area contributed by atoms with Gasteiger partial charge in [-0.3, -0.25) is 14.9 Å². The van der Waals surface area contributed by atoms with Crippen LogP contribution in [0, 0.1) is 15.9 Å². The molecule has 0 aliphatic carbocycles. The second kappa shape index (κ2) is 7.32. The number of ether oxygens (including phenoxy) is 2. The van der Waals surface area contributed by atoms with Crippen LogP contribution in [0.1, 0.15) is 20.7 Å². The molecule has 124 valence electrons. The molecule has 2 rings (SSSR count). The molecule has 0 bridgehead atoms. The lowest BCUT2D eigenvalue weighted by atomic mass is 10.1. The van der Waals surface area contributed by atoms with Gasteiger partial charge in [0.2, 0.25) is 5.78 Å². The second-order valence-corrected chi connectivity index (χ2v) is 4.62. The third-order valence-corrected chi connectivity index (χ3v) is 3.11. The highest BCUT2D eigenvalue weighted by atomic mass is 19.1. The predicted octanol–water partition coefficient (Wildman–Crippen LogP) is 2.78. The van der Waals surface area contributed by atoms with Crippen molar-refractivity contribution in [2.75, 3.05) is 13.7 Å². The maximum absolute atomic E-state index is 13.5. The molecule has 0 aliphatic heterocycles. The summed E-state index contributed by atoms with van der Waals surface area (Å²) in [6.45, 7) is -0.584. The van der Waals surface area contributed by atoms with Crippen molar-refractivity contribution in [1.29, 1.82) is 0 Å². The normalized spacial score (nSPS) is 10.1. The van der Waals surface area contributed by atoms with Gasteiger partial charge in [-0.1, -0.05) is 12.1 Å². The Morgan fingerprint density at radius 3 is 2.54 bits per heavy atom. The minimum atomic E-state index is -0.755. The first-order chi connectivity index (χ1) is 11.4. The first-order valence-electron chi connectivity index (χ1n) is 6.71. The zero-order valence-electron chi connectivity index (χ0n) is 12.5. The molecule has 0 saturated heterocycles. The van der Waals surface area contributed by atoms with E-state index in [-0.39, 0.29) is 16.9 Å². The molecule has 8 heteroatoms. The van der Waals surface area contributed by atoms with E-state index in [2.05, 4.69) is 4.74 Å². The summed E-state index contributed by atoms with van der Waals surface area (Å²) in [5.74, 6) is -2.33. The maximum atomic E-state index is 13.5. The van der Waals surface area contributed by atoms with Gasteiger partial charge in [0.05, 0.1) is 23.2 Å². The number of nitro benzene ring substituents is 1. The molecule has 0 N–H and O–H groups in total. The van der Waals surface area contributed by atoms with Crippen LogP contribution >= 0.6 is 0 Å². The number of carbonyl (C=O) groups excluding carboxylic acids is 2. The van der Waals surface area contributed by atoms with E-state index in [1.807, 2.05) is 0 Å². The third-order valence-electron chi connectivity index (χ3n) is 3.11. The van der Waals surface area contributed by atoms with Crippen molar-refractivity contribution < 1.29 is 28.4 Å². The second-order valence-electron chi connectivity index (χ2n) is 4.62. The van der Waals surface area contributed by atoms with E-state index in [0.717, 1.165) is 19.2 Å². The minimum absolute atomic E-state index is 0.0306. The molecule has 0 aliphatic rings. The number of esters is 1. The van der Waals surface area contributed by atoms with Crippen molar-refractivity contribution >= 4 is 17.4 Å². The number of halogens is 1. The molecule has 0 saturated carbocycles. The van der Waals surface area contributed by atoms with Crippen molar-refractivity contribution in [2.45, 2.75) is 0 Å². The molecule has 0 atom stereocenters. The number of nitro groups is 1. The van der Waals surface area contributed by atoms with E-state index in [1.54, 1.807) is 0 Å². The van der Waals surface area contributed by atoms with E-state index in [1.165, 1.54) is 30.3 Å². The Bertz CT molecular complexity index is 805. The number of ketones is 1. The smallest absolute Gasteiger partial charge is 0.338 e. The molecule has 0 fully saturated rings. The predicted molar refractivity (Wildman–Crippen MR) is 80.7 cm³/mol. The lowest BCUT2D eigenvalue weighted by Gasteiger charge is -2.08. The largest absolute Gasteiger partial charge is 0.478 e.